The lowest BCUT2D eigenvalue weighted by Gasteiger charge is -2.11. The van der Waals surface area contributed by atoms with Crippen LogP contribution in [0.25, 0.3) is 61.4 Å². The molecular weight excluding hydrogens is 444 g/mol. The highest BCUT2D eigenvalue weighted by Crippen LogP contribution is 2.38. The molecule has 0 aliphatic carbocycles. The van der Waals surface area contributed by atoms with Gasteiger partial charge >= 0.3 is 0 Å². The number of aryl methyl sites for hydroxylation is 2. The zero-order valence-corrected chi connectivity index (χ0v) is 19.9. The van der Waals surface area contributed by atoms with Gasteiger partial charge in [0.15, 0.2) is 0 Å². The molecule has 4 aromatic heterocycles. The molecule has 0 amide bonds. The Kier molecular flexibility index (Phi) is 4.51. The molecule has 0 saturated carbocycles. The minimum Gasteiger partial charge on any atom is -0.437 e. The van der Waals surface area contributed by atoms with E-state index in [9.17, 15) is 0 Å². The summed E-state index contributed by atoms with van der Waals surface area (Å²) in [5.74, 6) is 0.813. The second kappa shape index (κ2) is 7.89. The van der Waals surface area contributed by atoms with Crippen LogP contribution in [0.3, 0.4) is 0 Å². The molecule has 3 aromatic carbocycles. The number of para-hydroxylation sites is 2. The van der Waals surface area contributed by atoms with Crippen LogP contribution in [0.2, 0.25) is 0 Å². The van der Waals surface area contributed by atoms with Crippen molar-refractivity contribution in [3.63, 3.8) is 0 Å². The van der Waals surface area contributed by atoms with Crippen LogP contribution in [0.15, 0.2) is 101 Å². The molecule has 172 valence electrons. The Labute approximate surface area is 207 Å². The molecule has 0 unspecified atom stereocenters. The molecule has 36 heavy (non-hydrogen) atoms. The molecule has 0 N–H and O–H groups in total. The first-order valence-corrected chi connectivity index (χ1v) is 12.0. The van der Waals surface area contributed by atoms with Crippen molar-refractivity contribution in [3.8, 4) is 28.3 Å². The van der Waals surface area contributed by atoms with Crippen LogP contribution in [0.1, 0.15) is 11.4 Å². The minimum atomic E-state index is 0.643. The van der Waals surface area contributed by atoms with Gasteiger partial charge in [0.2, 0.25) is 5.71 Å². The Morgan fingerprint density at radius 2 is 1.47 bits per heavy atom. The molecule has 0 radical (unpaired) electrons. The van der Waals surface area contributed by atoms with E-state index in [1.165, 1.54) is 0 Å². The summed E-state index contributed by atoms with van der Waals surface area (Å²) in [5.41, 5.74) is 9.06. The fourth-order valence-corrected chi connectivity index (χ4v) is 4.95. The van der Waals surface area contributed by atoms with Crippen LogP contribution < -0.4 is 0 Å². The fourth-order valence-electron chi connectivity index (χ4n) is 4.95. The second-order valence-corrected chi connectivity index (χ2v) is 9.02. The van der Waals surface area contributed by atoms with E-state index in [4.69, 9.17) is 14.4 Å². The number of hydrogen-bond donors (Lipinski definition) is 0. The summed E-state index contributed by atoms with van der Waals surface area (Å²) < 4.78 is 8.55. The smallest absolute Gasteiger partial charge is 0.227 e. The first-order valence-electron chi connectivity index (χ1n) is 12.0. The third kappa shape index (κ3) is 3.13. The lowest BCUT2D eigenvalue weighted by Crippen LogP contribution is -1.98. The average Bonchev–Trinajstić information content (AvgIpc) is 3.48. The summed E-state index contributed by atoms with van der Waals surface area (Å²) in [6, 6.07) is 33.0. The number of hydrogen-bond acceptors (Lipinski definition) is 4. The van der Waals surface area contributed by atoms with Gasteiger partial charge in [0, 0.05) is 27.7 Å². The van der Waals surface area contributed by atoms with Crippen molar-refractivity contribution in [3.05, 3.63) is 108 Å². The summed E-state index contributed by atoms with van der Waals surface area (Å²) in [6.07, 6.45) is 0. The molecule has 0 bridgehead atoms. The normalized spacial score (nSPS) is 11.6. The van der Waals surface area contributed by atoms with Crippen LogP contribution in [0.4, 0.5) is 0 Å². The van der Waals surface area contributed by atoms with Gasteiger partial charge in [-0.2, -0.15) is 0 Å². The van der Waals surface area contributed by atoms with E-state index in [-0.39, 0.29) is 0 Å². The van der Waals surface area contributed by atoms with E-state index in [2.05, 4.69) is 64.1 Å². The molecule has 0 fully saturated rings. The predicted octanol–water partition coefficient (Wildman–Crippen LogP) is 7.67. The first-order chi connectivity index (χ1) is 17.7. The number of aromatic nitrogens is 4. The second-order valence-electron chi connectivity index (χ2n) is 9.02. The van der Waals surface area contributed by atoms with Gasteiger partial charge in [0.05, 0.1) is 22.5 Å². The van der Waals surface area contributed by atoms with Crippen molar-refractivity contribution in [1.29, 1.82) is 0 Å². The number of fused-ring (bicyclic) bond motifs is 4. The molecule has 0 aliphatic rings. The zero-order chi connectivity index (χ0) is 24.2. The van der Waals surface area contributed by atoms with Crippen LogP contribution in [0.5, 0.6) is 0 Å². The van der Waals surface area contributed by atoms with Gasteiger partial charge < -0.3 is 4.42 Å². The summed E-state index contributed by atoms with van der Waals surface area (Å²) in [7, 11) is 0. The van der Waals surface area contributed by atoms with Gasteiger partial charge in [0.1, 0.15) is 16.9 Å². The lowest BCUT2D eigenvalue weighted by molar-refractivity contribution is 0.653. The summed E-state index contributed by atoms with van der Waals surface area (Å²) in [5, 5.41) is 2.03. The van der Waals surface area contributed by atoms with E-state index in [1.54, 1.807) is 0 Å². The van der Waals surface area contributed by atoms with Crippen molar-refractivity contribution < 1.29 is 4.42 Å². The Morgan fingerprint density at radius 1 is 0.694 bits per heavy atom. The molecule has 5 nitrogen and oxygen atoms in total. The molecule has 0 saturated heterocycles. The summed E-state index contributed by atoms with van der Waals surface area (Å²) in [6.45, 7) is 4.00. The maximum absolute atomic E-state index is 6.35. The van der Waals surface area contributed by atoms with Crippen molar-refractivity contribution >= 4 is 33.1 Å². The highest BCUT2D eigenvalue weighted by molar-refractivity contribution is 6.08. The molecule has 7 rings (SSSR count). The topological polar surface area (TPSA) is 56.7 Å². The molecule has 0 spiro atoms. The fraction of sp³-hybridized carbons (Fsp3) is 0.0645. The number of furan rings is 1. The largest absolute Gasteiger partial charge is 0.437 e. The van der Waals surface area contributed by atoms with Gasteiger partial charge in [-0.25, -0.2) is 9.97 Å². The van der Waals surface area contributed by atoms with E-state index in [0.29, 0.717) is 5.71 Å². The number of pyridine rings is 2. The van der Waals surface area contributed by atoms with Crippen molar-refractivity contribution in [2.75, 3.05) is 0 Å². The third-order valence-corrected chi connectivity index (χ3v) is 6.65. The van der Waals surface area contributed by atoms with E-state index < -0.39 is 0 Å². The van der Waals surface area contributed by atoms with Gasteiger partial charge in [-0.05, 0) is 50.2 Å². The van der Waals surface area contributed by atoms with Gasteiger partial charge in [-0.15, -0.1) is 0 Å². The molecule has 0 atom stereocenters. The summed E-state index contributed by atoms with van der Waals surface area (Å²) in [4.78, 5) is 14.7. The molecule has 0 aliphatic heterocycles. The SMILES string of the molecule is Cc1ccc2c(n1)oc1c(-c3nc4c(C)nc(-c5ccccc5)cc4n3-c3ccccc3)cccc12. The van der Waals surface area contributed by atoms with Gasteiger partial charge in [-0.3, -0.25) is 9.55 Å². The van der Waals surface area contributed by atoms with Crippen LogP contribution in [0, 0.1) is 13.8 Å². The van der Waals surface area contributed by atoms with Gasteiger partial charge in [-0.1, -0.05) is 60.7 Å². The van der Waals surface area contributed by atoms with Crippen LogP contribution in [-0.4, -0.2) is 19.5 Å². The van der Waals surface area contributed by atoms with E-state index in [1.807, 2.05) is 56.3 Å². The number of rotatable bonds is 3. The maximum Gasteiger partial charge on any atom is 0.227 e. The van der Waals surface area contributed by atoms with Gasteiger partial charge in [0.25, 0.3) is 0 Å². The molecule has 7 aromatic rings. The van der Waals surface area contributed by atoms with Crippen molar-refractivity contribution in [2.24, 2.45) is 0 Å². The van der Waals surface area contributed by atoms with E-state index in [0.717, 1.165) is 67.1 Å². The quantitative estimate of drug-likeness (QED) is 0.268. The standard InChI is InChI=1S/C31H22N4O/c1-19-16-17-24-23-14-9-15-25(29(23)36-31(24)32-19)30-34-28-20(2)33-26(21-10-5-3-6-11-21)18-27(28)35(30)22-12-7-4-8-13-22/h3-18H,1-2H3. The first kappa shape index (κ1) is 20.6. The Balaban J connectivity index is 1.58. The third-order valence-electron chi connectivity index (χ3n) is 6.65. The Morgan fingerprint density at radius 3 is 2.28 bits per heavy atom. The predicted molar refractivity (Wildman–Crippen MR) is 144 cm³/mol. The van der Waals surface area contributed by atoms with Crippen molar-refractivity contribution in [2.45, 2.75) is 13.8 Å². The molecule has 4 heterocycles. The number of benzene rings is 3. The van der Waals surface area contributed by atoms with Crippen LogP contribution in [-0.2, 0) is 0 Å². The number of imidazole rings is 1. The number of nitrogens with zero attached hydrogens (tertiary/aromatic N) is 4. The summed E-state index contributed by atoms with van der Waals surface area (Å²) >= 11 is 0. The highest BCUT2D eigenvalue weighted by atomic mass is 16.3. The monoisotopic (exact) mass is 466 g/mol. The highest BCUT2D eigenvalue weighted by Gasteiger charge is 2.21. The molecule has 5 heteroatoms. The minimum absolute atomic E-state index is 0.643. The average molecular weight is 467 g/mol. The Hall–Kier alpha value is -4.77. The van der Waals surface area contributed by atoms with Crippen molar-refractivity contribution in [1.82, 2.24) is 19.5 Å². The maximum atomic E-state index is 6.35. The Bertz CT molecular complexity index is 1900. The lowest BCUT2D eigenvalue weighted by atomic mass is 10.1. The van der Waals surface area contributed by atoms with Crippen LogP contribution >= 0.6 is 0 Å². The molecular formula is C31H22N4O. The van der Waals surface area contributed by atoms with E-state index >= 15 is 0 Å². The zero-order valence-electron chi connectivity index (χ0n) is 19.9.